The van der Waals surface area contributed by atoms with E-state index in [4.69, 9.17) is 15.2 Å². The molecule has 0 aliphatic heterocycles. The zero-order valence-electron chi connectivity index (χ0n) is 14.0. The van der Waals surface area contributed by atoms with Gasteiger partial charge < -0.3 is 15.2 Å². The lowest BCUT2D eigenvalue weighted by Gasteiger charge is -2.15. The predicted molar refractivity (Wildman–Crippen MR) is 94.7 cm³/mol. The van der Waals surface area contributed by atoms with Crippen molar-refractivity contribution in [2.24, 2.45) is 0 Å². The molecular formula is C19H17N3O4. The normalized spacial score (nSPS) is 11.6. The number of carbonyl (C=O) groups is 2. The quantitative estimate of drug-likeness (QED) is 0.541. The molecule has 0 fully saturated rings. The van der Waals surface area contributed by atoms with E-state index in [2.05, 4.69) is 5.10 Å². The largest absolute Gasteiger partial charge is 0.465 e. The molecule has 1 atom stereocenters. The minimum atomic E-state index is -0.675. The molecule has 0 saturated heterocycles. The topological polar surface area (TPSA) is 96.4 Å². The molecule has 0 saturated carbocycles. The summed E-state index contributed by atoms with van der Waals surface area (Å²) in [4.78, 5) is 22.7. The molecule has 2 N–H and O–H groups in total. The number of esters is 1. The number of benzene rings is 2. The molecule has 0 spiro atoms. The second-order valence-electron chi connectivity index (χ2n) is 5.46. The van der Waals surface area contributed by atoms with E-state index in [9.17, 15) is 9.59 Å². The number of nitrogens with zero attached hydrogens (tertiary/aromatic N) is 2. The van der Waals surface area contributed by atoms with E-state index in [1.165, 1.54) is 11.8 Å². The van der Waals surface area contributed by atoms with Crippen molar-refractivity contribution in [3.05, 3.63) is 77.5 Å². The Hall–Kier alpha value is -3.61. The van der Waals surface area contributed by atoms with Crippen LogP contribution in [0.4, 0.5) is 5.82 Å². The molecule has 3 aromatic rings. The molecule has 1 heterocycles. The monoisotopic (exact) mass is 351 g/mol. The highest BCUT2D eigenvalue weighted by Crippen LogP contribution is 2.30. The van der Waals surface area contributed by atoms with Gasteiger partial charge in [0, 0.05) is 0 Å². The number of carbonyl (C=O) groups excluding carboxylic acids is 2. The molecule has 7 nitrogen and oxygen atoms in total. The Kier molecular flexibility index (Phi) is 4.98. The third kappa shape index (κ3) is 3.27. The lowest BCUT2D eigenvalue weighted by molar-refractivity contribution is -0.132. The maximum atomic E-state index is 11.7. The number of hydrogen-bond donors (Lipinski definition) is 1. The summed E-state index contributed by atoms with van der Waals surface area (Å²) < 4.78 is 11.4. The van der Waals surface area contributed by atoms with Crippen LogP contribution in [0.2, 0.25) is 0 Å². The average molecular weight is 351 g/mol. The SMILES string of the molecule is COC(=O)c1cccc(-n2ncc(C(OC=O)c3ccccc3)c2N)c1. The van der Waals surface area contributed by atoms with Gasteiger partial charge in [0.1, 0.15) is 5.82 Å². The molecular weight excluding hydrogens is 334 g/mol. The zero-order valence-corrected chi connectivity index (χ0v) is 14.0. The molecule has 1 unspecified atom stereocenters. The second kappa shape index (κ2) is 7.52. The summed E-state index contributed by atoms with van der Waals surface area (Å²) in [6.45, 7) is 0.381. The van der Waals surface area contributed by atoms with Crippen molar-refractivity contribution in [2.75, 3.05) is 12.8 Å². The third-order valence-corrected chi connectivity index (χ3v) is 3.92. The number of nitrogen functional groups attached to an aromatic ring is 1. The first kappa shape index (κ1) is 17.2. The van der Waals surface area contributed by atoms with Crippen LogP contribution in [0, 0.1) is 0 Å². The van der Waals surface area contributed by atoms with Crippen LogP contribution >= 0.6 is 0 Å². The fourth-order valence-electron chi connectivity index (χ4n) is 2.68. The number of methoxy groups -OCH3 is 1. The first-order valence-electron chi connectivity index (χ1n) is 7.82. The number of anilines is 1. The van der Waals surface area contributed by atoms with Crippen molar-refractivity contribution in [3.63, 3.8) is 0 Å². The van der Waals surface area contributed by atoms with Crippen molar-refractivity contribution in [3.8, 4) is 5.69 Å². The van der Waals surface area contributed by atoms with E-state index in [0.717, 1.165) is 5.56 Å². The molecule has 7 heteroatoms. The Labute approximate surface area is 150 Å². The van der Waals surface area contributed by atoms with Crippen LogP contribution in [0.5, 0.6) is 0 Å². The van der Waals surface area contributed by atoms with Gasteiger partial charge in [-0.2, -0.15) is 5.10 Å². The van der Waals surface area contributed by atoms with Gasteiger partial charge >= 0.3 is 5.97 Å². The lowest BCUT2D eigenvalue weighted by atomic mass is 10.0. The van der Waals surface area contributed by atoms with Gasteiger partial charge in [-0.25, -0.2) is 9.48 Å². The highest BCUT2D eigenvalue weighted by molar-refractivity contribution is 5.90. The minimum absolute atomic E-state index is 0.308. The van der Waals surface area contributed by atoms with Gasteiger partial charge in [-0.3, -0.25) is 4.79 Å². The Balaban J connectivity index is 2.02. The third-order valence-electron chi connectivity index (χ3n) is 3.92. The molecule has 0 radical (unpaired) electrons. The molecule has 0 aliphatic carbocycles. The Bertz CT molecular complexity index is 922. The summed E-state index contributed by atoms with van der Waals surface area (Å²) in [6, 6.07) is 16.0. The Morgan fingerprint density at radius 2 is 1.96 bits per heavy atom. The van der Waals surface area contributed by atoms with Gasteiger partial charge in [0.05, 0.1) is 30.1 Å². The Morgan fingerprint density at radius 3 is 2.65 bits per heavy atom. The summed E-state index contributed by atoms with van der Waals surface area (Å²) in [7, 11) is 1.32. The number of hydrogen-bond acceptors (Lipinski definition) is 6. The van der Waals surface area contributed by atoms with Gasteiger partial charge in [0.15, 0.2) is 6.10 Å². The van der Waals surface area contributed by atoms with Crippen molar-refractivity contribution < 1.29 is 19.1 Å². The summed E-state index contributed by atoms with van der Waals surface area (Å²) in [6.07, 6.45) is 0.868. The fourth-order valence-corrected chi connectivity index (χ4v) is 2.68. The molecule has 2 aromatic carbocycles. The van der Waals surface area contributed by atoms with Crippen molar-refractivity contribution in [2.45, 2.75) is 6.10 Å². The summed E-state index contributed by atoms with van der Waals surface area (Å²) in [5.74, 6) is -0.146. The van der Waals surface area contributed by atoms with Crippen LogP contribution in [-0.2, 0) is 14.3 Å². The summed E-state index contributed by atoms with van der Waals surface area (Å²) >= 11 is 0. The maximum Gasteiger partial charge on any atom is 0.337 e. The van der Waals surface area contributed by atoms with Gasteiger partial charge in [0.25, 0.3) is 6.47 Å². The Morgan fingerprint density at radius 1 is 1.19 bits per heavy atom. The van der Waals surface area contributed by atoms with Crippen LogP contribution in [0.25, 0.3) is 5.69 Å². The van der Waals surface area contributed by atoms with Crippen molar-refractivity contribution in [1.82, 2.24) is 9.78 Å². The van der Waals surface area contributed by atoms with Crippen molar-refractivity contribution in [1.29, 1.82) is 0 Å². The van der Waals surface area contributed by atoms with Crippen LogP contribution < -0.4 is 5.73 Å². The maximum absolute atomic E-state index is 11.7. The summed E-state index contributed by atoms with van der Waals surface area (Å²) in [5, 5.41) is 4.28. The molecule has 1 aromatic heterocycles. The van der Waals surface area contributed by atoms with Crippen LogP contribution in [0.3, 0.4) is 0 Å². The van der Waals surface area contributed by atoms with Gasteiger partial charge in [0.2, 0.25) is 0 Å². The van der Waals surface area contributed by atoms with Gasteiger partial charge in [-0.1, -0.05) is 36.4 Å². The van der Waals surface area contributed by atoms with E-state index < -0.39 is 12.1 Å². The zero-order chi connectivity index (χ0) is 18.5. The van der Waals surface area contributed by atoms with E-state index in [0.29, 0.717) is 29.1 Å². The summed E-state index contributed by atoms with van der Waals surface area (Å²) in [5.41, 5.74) is 8.54. The number of aromatic nitrogens is 2. The number of nitrogens with two attached hydrogens (primary N) is 1. The molecule has 0 bridgehead atoms. The first-order valence-corrected chi connectivity index (χ1v) is 7.82. The molecule has 0 aliphatic rings. The van der Waals surface area contributed by atoms with Crippen LogP contribution in [0.15, 0.2) is 60.8 Å². The van der Waals surface area contributed by atoms with Crippen LogP contribution in [0.1, 0.15) is 27.6 Å². The van der Waals surface area contributed by atoms with Gasteiger partial charge in [-0.05, 0) is 23.8 Å². The molecule has 3 rings (SSSR count). The van der Waals surface area contributed by atoms with Crippen molar-refractivity contribution >= 4 is 18.3 Å². The highest BCUT2D eigenvalue weighted by Gasteiger charge is 2.22. The standard InChI is InChI=1S/C19H17N3O4/c1-25-19(24)14-8-5-9-15(10-14)22-18(20)16(11-21-22)17(26-12-23)13-6-3-2-4-7-13/h2-12,17H,20H2,1H3. The molecule has 132 valence electrons. The number of rotatable bonds is 6. The van der Waals surface area contributed by atoms with Gasteiger partial charge in [-0.15, -0.1) is 0 Å². The molecule has 0 amide bonds. The van der Waals surface area contributed by atoms with E-state index in [-0.39, 0.29) is 0 Å². The average Bonchev–Trinajstić information content (AvgIpc) is 3.07. The fraction of sp³-hybridized carbons (Fsp3) is 0.105. The molecule has 26 heavy (non-hydrogen) atoms. The minimum Gasteiger partial charge on any atom is -0.465 e. The second-order valence-corrected chi connectivity index (χ2v) is 5.46. The lowest BCUT2D eigenvalue weighted by Crippen LogP contribution is -2.09. The smallest absolute Gasteiger partial charge is 0.337 e. The number of ether oxygens (including phenoxy) is 2. The first-order chi connectivity index (χ1) is 12.7. The predicted octanol–water partition coefficient (Wildman–Crippen LogP) is 2.50. The van der Waals surface area contributed by atoms with Crippen LogP contribution in [-0.4, -0.2) is 29.3 Å². The van der Waals surface area contributed by atoms with E-state index in [1.54, 1.807) is 30.5 Å². The highest BCUT2D eigenvalue weighted by atomic mass is 16.5. The van der Waals surface area contributed by atoms with E-state index >= 15 is 0 Å². The van der Waals surface area contributed by atoms with E-state index in [1.807, 2.05) is 30.3 Å².